The van der Waals surface area contributed by atoms with Gasteiger partial charge >= 0.3 is 5.97 Å². The van der Waals surface area contributed by atoms with Gasteiger partial charge in [-0.15, -0.1) is 0 Å². The topological polar surface area (TPSA) is 66.4 Å². The largest absolute Gasteiger partial charge is 0.481 e. The zero-order valence-electron chi connectivity index (χ0n) is 11.5. The summed E-state index contributed by atoms with van der Waals surface area (Å²) in [5.41, 5.74) is 0.370. The van der Waals surface area contributed by atoms with Crippen molar-refractivity contribution < 1.29 is 14.7 Å². The van der Waals surface area contributed by atoms with Crippen molar-refractivity contribution in [1.82, 2.24) is 5.32 Å². The molecule has 2 N–H and O–H groups in total. The van der Waals surface area contributed by atoms with E-state index in [1.165, 1.54) is 6.08 Å². The molecule has 4 nitrogen and oxygen atoms in total. The lowest BCUT2D eigenvalue weighted by Gasteiger charge is -2.24. The Morgan fingerprint density at radius 3 is 2.70 bits per heavy atom. The van der Waals surface area contributed by atoms with E-state index < -0.39 is 11.5 Å². The maximum absolute atomic E-state index is 11.8. The van der Waals surface area contributed by atoms with E-state index in [4.69, 9.17) is 5.11 Å². The second kappa shape index (κ2) is 7.24. The van der Waals surface area contributed by atoms with Crippen LogP contribution in [0.2, 0.25) is 0 Å². The average molecular weight is 340 g/mol. The number of carboxylic acid groups (broad SMARTS) is 1. The lowest BCUT2D eigenvalue weighted by Crippen LogP contribution is -2.42. The summed E-state index contributed by atoms with van der Waals surface area (Å²) < 4.78 is 0.946. The number of carbonyl (C=O) groups is 2. The van der Waals surface area contributed by atoms with Crippen molar-refractivity contribution in [2.24, 2.45) is 0 Å². The molecule has 1 amide bonds. The zero-order valence-corrected chi connectivity index (χ0v) is 13.1. The second-order valence-corrected chi connectivity index (χ2v) is 6.07. The molecule has 0 aliphatic rings. The number of rotatable bonds is 6. The molecular weight excluding hydrogens is 322 g/mol. The number of benzene rings is 1. The Morgan fingerprint density at radius 1 is 1.40 bits per heavy atom. The molecule has 0 atom stereocenters. The molecule has 0 heterocycles. The Labute approximate surface area is 127 Å². The minimum Gasteiger partial charge on any atom is -0.481 e. The molecule has 108 valence electrons. The van der Waals surface area contributed by atoms with Gasteiger partial charge < -0.3 is 10.4 Å². The molecule has 1 aromatic rings. The van der Waals surface area contributed by atoms with Crippen LogP contribution in [0.4, 0.5) is 0 Å². The molecule has 5 heteroatoms. The molecule has 0 saturated heterocycles. The van der Waals surface area contributed by atoms with Gasteiger partial charge in [0.05, 0.1) is 0 Å². The monoisotopic (exact) mass is 339 g/mol. The van der Waals surface area contributed by atoms with Crippen LogP contribution in [0.15, 0.2) is 34.8 Å². The molecule has 1 aromatic carbocycles. The molecular formula is C15H18BrNO3. The third-order valence-corrected chi connectivity index (χ3v) is 3.19. The number of amides is 1. The molecule has 0 fully saturated rings. The molecule has 0 unspecified atom stereocenters. The summed E-state index contributed by atoms with van der Waals surface area (Å²) in [6, 6.07) is 7.59. The predicted molar refractivity (Wildman–Crippen MR) is 82.3 cm³/mol. The summed E-state index contributed by atoms with van der Waals surface area (Å²) >= 11 is 3.36. The SMILES string of the molecule is CC(C)(CCC(=O)O)NC(=O)C=Cc1cccc(Br)c1. The van der Waals surface area contributed by atoms with Gasteiger partial charge in [-0.3, -0.25) is 9.59 Å². The normalized spacial score (nSPS) is 11.6. The van der Waals surface area contributed by atoms with Gasteiger partial charge in [-0.2, -0.15) is 0 Å². The molecule has 20 heavy (non-hydrogen) atoms. The van der Waals surface area contributed by atoms with Gasteiger partial charge in [0.2, 0.25) is 5.91 Å². The van der Waals surface area contributed by atoms with Crippen molar-refractivity contribution in [3.63, 3.8) is 0 Å². The van der Waals surface area contributed by atoms with Crippen molar-refractivity contribution in [3.05, 3.63) is 40.4 Å². The van der Waals surface area contributed by atoms with Gasteiger partial charge in [-0.25, -0.2) is 0 Å². The summed E-state index contributed by atoms with van der Waals surface area (Å²) in [5.74, 6) is -1.10. The molecule has 0 aromatic heterocycles. The van der Waals surface area contributed by atoms with Gasteiger partial charge in [0.1, 0.15) is 0 Å². The highest BCUT2D eigenvalue weighted by Gasteiger charge is 2.20. The Morgan fingerprint density at radius 2 is 2.10 bits per heavy atom. The Hall–Kier alpha value is -1.62. The third kappa shape index (κ3) is 6.52. The highest BCUT2D eigenvalue weighted by molar-refractivity contribution is 9.10. The Bertz CT molecular complexity index is 524. The van der Waals surface area contributed by atoms with Crippen LogP contribution in [0.25, 0.3) is 6.08 Å². The quantitative estimate of drug-likeness (QED) is 0.782. The fraction of sp³-hybridized carbons (Fsp3) is 0.333. The maximum Gasteiger partial charge on any atom is 0.303 e. The molecule has 1 rings (SSSR count). The number of aliphatic carboxylic acids is 1. The first kappa shape index (κ1) is 16.4. The van der Waals surface area contributed by atoms with Crippen molar-refractivity contribution >= 4 is 33.9 Å². The lowest BCUT2D eigenvalue weighted by atomic mass is 9.98. The average Bonchev–Trinajstić information content (AvgIpc) is 2.34. The number of hydrogen-bond acceptors (Lipinski definition) is 2. The number of nitrogens with one attached hydrogen (secondary N) is 1. The van der Waals surface area contributed by atoms with Crippen LogP contribution in [0, 0.1) is 0 Å². The van der Waals surface area contributed by atoms with E-state index in [2.05, 4.69) is 21.2 Å². The summed E-state index contributed by atoms with van der Waals surface area (Å²) in [4.78, 5) is 22.3. The van der Waals surface area contributed by atoms with E-state index in [0.717, 1.165) is 10.0 Å². The summed E-state index contributed by atoms with van der Waals surface area (Å²) in [6.45, 7) is 3.61. The Balaban J connectivity index is 2.56. The Kier molecular flexibility index (Phi) is 5.95. The molecule has 0 aliphatic heterocycles. The van der Waals surface area contributed by atoms with E-state index in [-0.39, 0.29) is 12.3 Å². The summed E-state index contributed by atoms with van der Waals surface area (Å²) in [7, 11) is 0. The van der Waals surface area contributed by atoms with Crippen LogP contribution >= 0.6 is 15.9 Å². The van der Waals surface area contributed by atoms with E-state index in [1.54, 1.807) is 19.9 Å². The fourth-order valence-electron chi connectivity index (χ4n) is 1.64. The van der Waals surface area contributed by atoms with Gasteiger partial charge in [0.25, 0.3) is 0 Å². The van der Waals surface area contributed by atoms with Gasteiger partial charge in [-0.05, 0) is 44.0 Å². The van der Waals surface area contributed by atoms with Crippen LogP contribution in [-0.2, 0) is 9.59 Å². The van der Waals surface area contributed by atoms with Gasteiger partial charge in [-0.1, -0.05) is 28.1 Å². The van der Waals surface area contributed by atoms with Crippen molar-refractivity contribution in [2.45, 2.75) is 32.2 Å². The van der Waals surface area contributed by atoms with Crippen molar-refractivity contribution in [3.8, 4) is 0 Å². The molecule has 0 radical (unpaired) electrons. The summed E-state index contributed by atoms with van der Waals surface area (Å²) in [6.07, 6.45) is 3.58. The molecule has 0 bridgehead atoms. The maximum atomic E-state index is 11.8. The fourth-order valence-corrected chi connectivity index (χ4v) is 2.06. The van der Waals surface area contributed by atoms with E-state index >= 15 is 0 Å². The van der Waals surface area contributed by atoms with Crippen molar-refractivity contribution in [1.29, 1.82) is 0 Å². The van der Waals surface area contributed by atoms with Gasteiger partial charge in [0.15, 0.2) is 0 Å². The highest BCUT2D eigenvalue weighted by atomic mass is 79.9. The number of hydrogen-bond donors (Lipinski definition) is 2. The smallest absolute Gasteiger partial charge is 0.303 e. The number of halogens is 1. The highest BCUT2D eigenvalue weighted by Crippen LogP contribution is 2.13. The minimum absolute atomic E-state index is 0.0304. The van der Waals surface area contributed by atoms with Gasteiger partial charge in [0, 0.05) is 22.5 Å². The first-order chi connectivity index (χ1) is 9.28. The van der Waals surface area contributed by atoms with Crippen LogP contribution in [0.1, 0.15) is 32.3 Å². The number of carboxylic acids is 1. The predicted octanol–water partition coefficient (Wildman–Crippen LogP) is 3.22. The van der Waals surface area contributed by atoms with Crippen LogP contribution in [0.5, 0.6) is 0 Å². The van der Waals surface area contributed by atoms with E-state index in [0.29, 0.717) is 6.42 Å². The first-order valence-corrected chi connectivity index (χ1v) is 7.05. The molecule has 0 saturated carbocycles. The third-order valence-electron chi connectivity index (χ3n) is 2.70. The summed E-state index contributed by atoms with van der Waals surface area (Å²) in [5, 5.41) is 11.5. The van der Waals surface area contributed by atoms with E-state index in [9.17, 15) is 9.59 Å². The lowest BCUT2D eigenvalue weighted by molar-refractivity contribution is -0.137. The van der Waals surface area contributed by atoms with Crippen LogP contribution < -0.4 is 5.32 Å². The molecule has 0 spiro atoms. The number of carbonyl (C=O) groups excluding carboxylic acids is 1. The van der Waals surface area contributed by atoms with Crippen LogP contribution in [0.3, 0.4) is 0 Å². The van der Waals surface area contributed by atoms with Crippen LogP contribution in [-0.4, -0.2) is 22.5 Å². The standard InChI is InChI=1S/C15H18BrNO3/c1-15(2,9-8-14(19)20)17-13(18)7-6-11-4-3-5-12(16)10-11/h3-7,10H,8-9H2,1-2H3,(H,17,18)(H,19,20). The second-order valence-electron chi connectivity index (χ2n) is 5.16. The zero-order chi connectivity index (χ0) is 15.2. The molecule has 0 aliphatic carbocycles. The first-order valence-electron chi connectivity index (χ1n) is 6.26. The van der Waals surface area contributed by atoms with Crippen molar-refractivity contribution in [2.75, 3.05) is 0 Å². The minimum atomic E-state index is -0.864. The van der Waals surface area contributed by atoms with E-state index in [1.807, 2.05) is 24.3 Å².